The number of aromatic nitrogens is 1. The summed E-state index contributed by atoms with van der Waals surface area (Å²) in [5.74, 6) is 0.640. The largest absolute Gasteiger partial charge is 0.356 e. The van der Waals surface area contributed by atoms with Crippen LogP contribution in [-0.4, -0.2) is 56.0 Å². The number of benzene rings is 1. The minimum atomic E-state index is -3.42. The lowest BCUT2D eigenvalue weighted by Gasteiger charge is -2.31. The van der Waals surface area contributed by atoms with Gasteiger partial charge in [0.2, 0.25) is 10.0 Å². The summed E-state index contributed by atoms with van der Waals surface area (Å²) in [6, 6.07) is 8.58. The first-order valence-electron chi connectivity index (χ1n) is 7.19. The van der Waals surface area contributed by atoms with Crippen molar-refractivity contribution in [3.8, 4) is 11.3 Å². The van der Waals surface area contributed by atoms with Crippen molar-refractivity contribution in [2.75, 3.05) is 33.2 Å². The number of aryl methyl sites for hydroxylation is 1. The molecule has 0 spiro atoms. The lowest BCUT2D eigenvalue weighted by molar-refractivity contribution is 0.222. The number of rotatable bonds is 3. The van der Waals surface area contributed by atoms with Crippen LogP contribution in [-0.2, 0) is 10.0 Å². The lowest BCUT2D eigenvalue weighted by Crippen LogP contribution is -2.46. The Bertz CT molecular complexity index is 745. The molecule has 118 valence electrons. The fourth-order valence-corrected chi connectivity index (χ4v) is 3.89. The highest BCUT2D eigenvalue weighted by atomic mass is 32.2. The van der Waals surface area contributed by atoms with Gasteiger partial charge in [0.05, 0.1) is 10.6 Å². The fourth-order valence-electron chi connectivity index (χ4n) is 2.47. The van der Waals surface area contributed by atoms with Crippen molar-refractivity contribution < 1.29 is 12.9 Å². The molecule has 0 radical (unpaired) electrons. The van der Waals surface area contributed by atoms with Gasteiger partial charge in [-0.15, -0.1) is 0 Å². The van der Waals surface area contributed by atoms with Crippen molar-refractivity contribution >= 4 is 10.0 Å². The Morgan fingerprint density at radius 1 is 1.09 bits per heavy atom. The SMILES string of the molecule is Cc1cc(-c2ccc(S(=O)(=O)N3CCN(C)CC3)cc2)on1. The first-order chi connectivity index (χ1) is 10.5. The first kappa shape index (κ1) is 15.2. The molecule has 0 bridgehead atoms. The van der Waals surface area contributed by atoms with Gasteiger partial charge in [-0.3, -0.25) is 0 Å². The second-order valence-electron chi connectivity index (χ2n) is 5.56. The van der Waals surface area contributed by atoms with Crippen LogP contribution in [0.5, 0.6) is 0 Å². The molecule has 1 saturated heterocycles. The molecule has 1 aliphatic rings. The Morgan fingerprint density at radius 3 is 2.27 bits per heavy atom. The summed E-state index contributed by atoms with van der Waals surface area (Å²) in [7, 11) is -1.42. The molecule has 22 heavy (non-hydrogen) atoms. The van der Waals surface area contributed by atoms with Gasteiger partial charge in [0.1, 0.15) is 0 Å². The molecular weight excluding hydrogens is 302 g/mol. The van der Waals surface area contributed by atoms with E-state index in [-0.39, 0.29) is 0 Å². The van der Waals surface area contributed by atoms with E-state index in [1.54, 1.807) is 28.6 Å². The van der Waals surface area contributed by atoms with E-state index in [9.17, 15) is 8.42 Å². The van der Waals surface area contributed by atoms with Gasteiger partial charge in [-0.05, 0) is 38.2 Å². The van der Waals surface area contributed by atoms with Gasteiger partial charge in [0, 0.05) is 37.8 Å². The van der Waals surface area contributed by atoms with E-state index in [0.29, 0.717) is 23.7 Å². The third kappa shape index (κ3) is 2.92. The Balaban J connectivity index is 1.82. The average molecular weight is 321 g/mol. The zero-order chi connectivity index (χ0) is 15.7. The second kappa shape index (κ2) is 5.83. The highest BCUT2D eigenvalue weighted by molar-refractivity contribution is 7.89. The van der Waals surface area contributed by atoms with Gasteiger partial charge < -0.3 is 9.42 Å². The van der Waals surface area contributed by atoms with Crippen molar-refractivity contribution in [3.63, 3.8) is 0 Å². The Kier molecular flexibility index (Phi) is 4.03. The standard InChI is InChI=1S/C15H19N3O3S/c1-12-11-15(21-16-12)13-3-5-14(6-4-13)22(19,20)18-9-7-17(2)8-10-18/h3-6,11H,7-10H2,1-2H3. The van der Waals surface area contributed by atoms with E-state index in [1.807, 2.05) is 20.0 Å². The van der Waals surface area contributed by atoms with Crippen molar-refractivity contribution in [1.82, 2.24) is 14.4 Å². The smallest absolute Gasteiger partial charge is 0.243 e. The van der Waals surface area contributed by atoms with Crippen LogP contribution >= 0.6 is 0 Å². The quantitative estimate of drug-likeness (QED) is 0.859. The maximum atomic E-state index is 12.6. The summed E-state index contributed by atoms with van der Waals surface area (Å²) in [6.45, 7) is 4.42. The summed E-state index contributed by atoms with van der Waals surface area (Å²) in [6.07, 6.45) is 0. The summed E-state index contributed by atoms with van der Waals surface area (Å²) in [5, 5.41) is 3.84. The topological polar surface area (TPSA) is 66.7 Å². The maximum absolute atomic E-state index is 12.6. The Morgan fingerprint density at radius 2 is 1.73 bits per heavy atom. The number of hydrogen-bond donors (Lipinski definition) is 0. The van der Waals surface area contributed by atoms with E-state index in [4.69, 9.17) is 4.52 Å². The van der Waals surface area contributed by atoms with E-state index < -0.39 is 10.0 Å². The molecule has 0 N–H and O–H groups in total. The zero-order valence-electron chi connectivity index (χ0n) is 12.7. The van der Waals surface area contributed by atoms with Gasteiger partial charge >= 0.3 is 0 Å². The van der Waals surface area contributed by atoms with Gasteiger partial charge in [0.15, 0.2) is 5.76 Å². The molecule has 6 nitrogen and oxygen atoms in total. The summed E-state index contributed by atoms with van der Waals surface area (Å²) < 4.78 is 32.0. The molecule has 0 aliphatic carbocycles. The molecule has 3 rings (SSSR count). The molecule has 1 fully saturated rings. The van der Waals surface area contributed by atoms with Crippen LogP contribution in [0.15, 0.2) is 39.8 Å². The molecule has 2 aromatic rings. The van der Waals surface area contributed by atoms with E-state index in [0.717, 1.165) is 24.3 Å². The van der Waals surface area contributed by atoms with Crippen LogP contribution in [0.3, 0.4) is 0 Å². The lowest BCUT2D eigenvalue weighted by atomic mass is 10.2. The molecule has 1 aliphatic heterocycles. The van der Waals surface area contributed by atoms with Crippen molar-refractivity contribution in [1.29, 1.82) is 0 Å². The minimum Gasteiger partial charge on any atom is -0.356 e. The number of piperazine rings is 1. The Labute approximate surface area is 130 Å². The molecule has 0 unspecified atom stereocenters. The fraction of sp³-hybridized carbons (Fsp3) is 0.400. The van der Waals surface area contributed by atoms with E-state index >= 15 is 0 Å². The summed E-state index contributed by atoms with van der Waals surface area (Å²) >= 11 is 0. The average Bonchev–Trinajstić information content (AvgIpc) is 2.94. The summed E-state index contributed by atoms with van der Waals surface area (Å²) in [5.41, 5.74) is 1.61. The highest BCUT2D eigenvalue weighted by Gasteiger charge is 2.27. The predicted octanol–water partition coefficient (Wildman–Crippen LogP) is 1.59. The number of sulfonamides is 1. The number of likely N-dealkylation sites (N-methyl/N-ethyl adjacent to an activating group) is 1. The minimum absolute atomic E-state index is 0.317. The molecule has 1 aromatic heterocycles. The number of hydrogen-bond acceptors (Lipinski definition) is 5. The van der Waals surface area contributed by atoms with Gasteiger partial charge in [0.25, 0.3) is 0 Å². The molecule has 2 heterocycles. The third-order valence-corrected chi connectivity index (χ3v) is 5.78. The maximum Gasteiger partial charge on any atom is 0.243 e. The predicted molar refractivity (Wildman–Crippen MR) is 82.9 cm³/mol. The van der Waals surface area contributed by atoms with Gasteiger partial charge in [-0.25, -0.2) is 8.42 Å². The van der Waals surface area contributed by atoms with Crippen LogP contribution in [0.1, 0.15) is 5.69 Å². The van der Waals surface area contributed by atoms with E-state index in [2.05, 4.69) is 10.1 Å². The third-order valence-electron chi connectivity index (χ3n) is 3.87. The molecular formula is C15H19N3O3S. The summed E-state index contributed by atoms with van der Waals surface area (Å²) in [4.78, 5) is 2.44. The van der Waals surface area contributed by atoms with Crippen molar-refractivity contribution in [3.05, 3.63) is 36.0 Å². The van der Waals surface area contributed by atoms with Crippen molar-refractivity contribution in [2.45, 2.75) is 11.8 Å². The molecule has 1 aromatic carbocycles. The van der Waals surface area contributed by atoms with Gasteiger partial charge in [-0.1, -0.05) is 5.16 Å². The van der Waals surface area contributed by atoms with Gasteiger partial charge in [-0.2, -0.15) is 4.31 Å². The van der Waals surface area contributed by atoms with Crippen LogP contribution in [0.4, 0.5) is 0 Å². The van der Waals surface area contributed by atoms with Crippen LogP contribution in [0, 0.1) is 6.92 Å². The zero-order valence-corrected chi connectivity index (χ0v) is 13.5. The first-order valence-corrected chi connectivity index (χ1v) is 8.63. The van der Waals surface area contributed by atoms with Crippen LogP contribution < -0.4 is 0 Å². The second-order valence-corrected chi connectivity index (χ2v) is 7.50. The monoisotopic (exact) mass is 321 g/mol. The molecule has 0 amide bonds. The molecule has 7 heteroatoms. The van der Waals surface area contributed by atoms with E-state index in [1.165, 1.54) is 0 Å². The molecule has 0 atom stereocenters. The normalized spacial score (nSPS) is 17.7. The molecule has 0 saturated carbocycles. The van der Waals surface area contributed by atoms with Crippen molar-refractivity contribution in [2.24, 2.45) is 0 Å². The van der Waals surface area contributed by atoms with Crippen LogP contribution in [0.2, 0.25) is 0 Å². The Hall–Kier alpha value is -1.70. The highest BCUT2D eigenvalue weighted by Crippen LogP contribution is 2.24. The van der Waals surface area contributed by atoms with Crippen LogP contribution in [0.25, 0.3) is 11.3 Å². The number of nitrogens with zero attached hydrogens (tertiary/aromatic N) is 3.